The molecule has 0 spiro atoms. The van der Waals surface area contributed by atoms with Crippen LogP contribution in [0, 0.1) is 6.92 Å². The average Bonchev–Trinajstić information content (AvgIpc) is 3.39. The lowest BCUT2D eigenvalue weighted by molar-refractivity contribution is -0.142. The minimum atomic E-state index is -3.40. The third-order valence-corrected chi connectivity index (χ3v) is 8.69. The van der Waals surface area contributed by atoms with Gasteiger partial charge in [-0.25, -0.2) is 24.4 Å². The molecule has 0 radical (unpaired) electrons. The molecule has 1 saturated heterocycles. The van der Waals surface area contributed by atoms with E-state index >= 15 is 4.39 Å². The minimum absolute atomic E-state index is 0.328. The van der Waals surface area contributed by atoms with Crippen molar-refractivity contribution in [2.75, 3.05) is 32.7 Å². The molecule has 1 aliphatic rings. The van der Waals surface area contributed by atoms with Gasteiger partial charge in [-0.2, -0.15) is 0 Å². The fourth-order valence-corrected chi connectivity index (χ4v) is 6.61. The monoisotopic (exact) mass is 582 g/mol. The summed E-state index contributed by atoms with van der Waals surface area (Å²) in [5, 5.41) is 13.8. The number of methoxy groups -OCH3 is 1. The van der Waals surface area contributed by atoms with E-state index in [0.29, 0.717) is 28.6 Å². The zero-order chi connectivity index (χ0) is 28.5. The molecule has 15 heteroatoms. The van der Waals surface area contributed by atoms with Crippen molar-refractivity contribution >= 4 is 41.4 Å². The van der Waals surface area contributed by atoms with Crippen molar-refractivity contribution in [2.45, 2.75) is 50.9 Å². The fourth-order valence-electron chi connectivity index (χ4n) is 4.19. The Bertz CT molecular complexity index is 1380. The number of esters is 1. The molecule has 0 saturated carbocycles. The number of aromatic nitrogens is 4. The number of aliphatic hydroxyl groups is 1. The van der Waals surface area contributed by atoms with Gasteiger partial charge in [-0.1, -0.05) is 18.2 Å². The molecule has 0 unspecified atom stereocenters. The van der Waals surface area contributed by atoms with Crippen LogP contribution in [-0.2, 0) is 30.6 Å². The van der Waals surface area contributed by atoms with E-state index in [4.69, 9.17) is 30.3 Å². The molecule has 3 heterocycles. The molecule has 0 aliphatic carbocycles. The molecule has 212 valence electrons. The van der Waals surface area contributed by atoms with E-state index in [2.05, 4.69) is 20.0 Å². The largest absolute Gasteiger partial charge is 0.468 e. The molecule has 0 amide bonds. The van der Waals surface area contributed by atoms with Crippen LogP contribution in [0.4, 0.5) is 10.2 Å². The third kappa shape index (κ3) is 6.06. The zero-order valence-corrected chi connectivity index (χ0v) is 24.1. The van der Waals surface area contributed by atoms with Crippen LogP contribution in [0.1, 0.15) is 25.9 Å². The van der Waals surface area contributed by atoms with Gasteiger partial charge in [0.25, 0.3) is 0 Å². The van der Waals surface area contributed by atoms with Gasteiger partial charge in [-0.15, -0.1) is 0 Å². The number of aryl methyl sites for hydroxylation is 1. The molecule has 1 aliphatic heterocycles. The molecule has 12 nitrogen and oxygen atoms in total. The first kappa shape index (κ1) is 29.2. The highest BCUT2D eigenvalue weighted by atomic mass is 32.5. The van der Waals surface area contributed by atoms with Crippen LogP contribution in [0.15, 0.2) is 36.7 Å². The van der Waals surface area contributed by atoms with Crippen LogP contribution < -0.4 is 14.5 Å². The number of hydrogen-bond donors (Lipinski definition) is 2. The number of hydrogen-bond acceptors (Lipinski definition) is 11. The van der Waals surface area contributed by atoms with Crippen LogP contribution in [0.5, 0.6) is 5.75 Å². The van der Waals surface area contributed by atoms with Crippen LogP contribution in [-0.4, -0.2) is 82.3 Å². The van der Waals surface area contributed by atoms with Crippen molar-refractivity contribution in [1.29, 1.82) is 0 Å². The van der Waals surface area contributed by atoms with Gasteiger partial charge < -0.3 is 28.5 Å². The Hall–Kier alpha value is -2.74. The fraction of sp³-hybridized carbons (Fsp3) is 0.500. The van der Waals surface area contributed by atoms with Gasteiger partial charge in [0.2, 0.25) is 0 Å². The van der Waals surface area contributed by atoms with Gasteiger partial charge in [0.05, 0.1) is 20.0 Å². The number of carbonyl (C=O) groups excluding carboxylic acids is 1. The lowest BCUT2D eigenvalue weighted by atomic mass is 9.98. The zero-order valence-electron chi connectivity index (χ0n) is 22.4. The van der Waals surface area contributed by atoms with E-state index in [1.165, 1.54) is 24.9 Å². The molecule has 3 aromatic rings. The van der Waals surface area contributed by atoms with Gasteiger partial charge in [-0.3, -0.25) is 9.36 Å². The van der Waals surface area contributed by atoms with E-state index in [9.17, 15) is 9.90 Å². The van der Waals surface area contributed by atoms with E-state index in [0.717, 1.165) is 0 Å². The van der Waals surface area contributed by atoms with Gasteiger partial charge in [0, 0.05) is 14.1 Å². The predicted octanol–water partition coefficient (Wildman–Crippen LogP) is 2.66. The summed E-state index contributed by atoms with van der Waals surface area (Å²) in [6, 6.07) is 7.82. The number of para-hydroxylation sites is 1. The SMILES string of the molecule is COC(=O)[C@H](C)N[P@@](=S)(OC[C@H]1O[C@@H](n2cnc3c(N(C)C)nc(C)nc32)[C@](C)(F)[C@@H]1O)Oc1ccccc1. The number of carbonyl (C=O) groups is 1. The maximum absolute atomic E-state index is 16.0. The van der Waals surface area contributed by atoms with E-state index in [1.54, 1.807) is 49.1 Å². The number of anilines is 1. The highest BCUT2D eigenvalue weighted by Gasteiger charge is 2.56. The average molecular weight is 583 g/mol. The number of rotatable bonds is 10. The topological polar surface area (TPSA) is 133 Å². The standard InChI is InChI=1S/C24H32FN6O6PS/c1-14(22(33)34-6)29-38(39,37-16-10-8-7-9-11-16)35-12-17-19(32)24(3,25)23(36-17)31-13-26-18-20(30(4)5)27-15(2)28-21(18)31/h7-11,13-14,17,19,23,32H,12H2,1-6H3,(H,29,39)/t14-,17+,19+,23+,24+,38+/m0/s1. The second-order valence-electron chi connectivity index (χ2n) is 9.51. The van der Waals surface area contributed by atoms with Crippen LogP contribution in [0.25, 0.3) is 11.2 Å². The number of nitrogens with one attached hydrogen (secondary N) is 1. The Morgan fingerprint density at radius 3 is 2.69 bits per heavy atom. The maximum atomic E-state index is 16.0. The number of ether oxygens (including phenoxy) is 2. The number of alkyl halides is 1. The first-order chi connectivity index (χ1) is 18.4. The summed E-state index contributed by atoms with van der Waals surface area (Å²) in [7, 11) is 4.89. The van der Waals surface area contributed by atoms with Crippen molar-refractivity contribution < 1.29 is 32.8 Å². The first-order valence-electron chi connectivity index (χ1n) is 12.1. The summed E-state index contributed by atoms with van der Waals surface area (Å²) in [6.07, 6.45) is -2.58. The lowest BCUT2D eigenvalue weighted by Crippen LogP contribution is -2.41. The molecule has 1 fully saturated rings. The van der Waals surface area contributed by atoms with Gasteiger partial charge in [-0.05, 0) is 44.7 Å². The van der Waals surface area contributed by atoms with Gasteiger partial charge in [0.15, 0.2) is 28.9 Å². The highest BCUT2D eigenvalue weighted by Crippen LogP contribution is 2.48. The summed E-state index contributed by atoms with van der Waals surface area (Å²) < 4.78 is 40.1. The van der Waals surface area contributed by atoms with E-state index in [-0.39, 0.29) is 6.61 Å². The Morgan fingerprint density at radius 2 is 2.05 bits per heavy atom. The van der Waals surface area contributed by atoms with Crippen LogP contribution in [0.3, 0.4) is 0 Å². The summed E-state index contributed by atoms with van der Waals surface area (Å²) in [4.78, 5) is 27.1. The van der Waals surface area contributed by atoms with Crippen molar-refractivity contribution in [3.8, 4) is 5.75 Å². The number of nitrogens with zero attached hydrogens (tertiary/aromatic N) is 5. The number of fused-ring (bicyclic) bond motifs is 1. The molecule has 1 aromatic carbocycles. The Balaban J connectivity index is 1.59. The first-order valence-corrected chi connectivity index (χ1v) is 14.8. The molecular formula is C24H32FN6O6PS. The summed E-state index contributed by atoms with van der Waals surface area (Å²) >= 11 is 5.66. The summed E-state index contributed by atoms with van der Waals surface area (Å²) in [6.45, 7) is 0.782. The van der Waals surface area contributed by atoms with Gasteiger partial charge >= 0.3 is 12.6 Å². The smallest absolute Gasteiger partial charge is 0.323 e. The Kier molecular flexibility index (Phi) is 8.55. The van der Waals surface area contributed by atoms with Crippen molar-refractivity contribution in [3.63, 3.8) is 0 Å². The third-order valence-electron chi connectivity index (χ3n) is 6.19. The Labute approximate surface area is 230 Å². The molecule has 6 atom stereocenters. The maximum Gasteiger partial charge on any atom is 0.323 e. The molecule has 39 heavy (non-hydrogen) atoms. The molecule has 2 aromatic heterocycles. The molecule has 0 bridgehead atoms. The molecular weight excluding hydrogens is 550 g/mol. The number of halogens is 1. The summed E-state index contributed by atoms with van der Waals surface area (Å²) in [5.41, 5.74) is -1.42. The van der Waals surface area contributed by atoms with Gasteiger partial charge in [0.1, 0.15) is 29.8 Å². The predicted molar refractivity (Wildman–Crippen MR) is 146 cm³/mol. The number of aliphatic hydroxyl groups excluding tert-OH is 1. The van der Waals surface area contributed by atoms with Crippen LogP contribution >= 0.6 is 6.64 Å². The second kappa shape index (κ2) is 11.4. The Morgan fingerprint density at radius 1 is 1.36 bits per heavy atom. The van der Waals surface area contributed by atoms with Crippen molar-refractivity contribution in [3.05, 3.63) is 42.5 Å². The number of imidazole rings is 1. The number of benzene rings is 1. The minimum Gasteiger partial charge on any atom is -0.468 e. The van der Waals surface area contributed by atoms with Crippen LogP contribution in [0.2, 0.25) is 0 Å². The lowest BCUT2D eigenvalue weighted by Gasteiger charge is -2.27. The van der Waals surface area contributed by atoms with Crippen molar-refractivity contribution in [2.24, 2.45) is 0 Å². The molecule has 4 rings (SSSR count). The highest BCUT2D eigenvalue weighted by molar-refractivity contribution is 8.09. The van der Waals surface area contributed by atoms with E-state index in [1.807, 2.05) is 14.1 Å². The van der Waals surface area contributed by atoms with Crippen molar-refractivity contribution in [1.82, 2.24) is 24.6 Å². The quantitative estimate of drug-likeness (QED) is 0.269. The summed E-state index contributed by atoms with van der Waals surface area (Å²) in [5.74, 6) is 0.874. The molecule has 2 N–H and O–H groups in total. The second-order valence-corrected chi connectivity index (χ2v) is 12.6. The van der Waals surface area contributed by atoms with E-state index < -0.39 is 42.8 Å². The normalized spacial score (nSPS) is 25.3.